The maximum atomic E-state index is 12.5. The van der Waals surface area contributed by atoms with Crippen LogP contribution in [0.25, 0.3) is 0 Å². The third-order valence-corrected chi connectivity index (χ3v) is 6.63. The first-order valence-corrected chi connectivity index (χ1v) is 10.0. The lowest BCUT2D eigenvalue weighted by Crippen LogP contribution is -2.42. The zero-order valence-corrected chi connectivity index (χ0v) is 14.6. The first-order valence-electron chi connectivity index (χ1n) is 6.83. The maximum Gasteiger partial charge on any atom is 0.326 e. The molecule has 5 nitrogen and oxygen atoms in total. The van der Waals surface area contributed by atoms with Crippen molar-refractivity contribution in [2.75, 3.05) is 10.8 Å². The molecule has 1 aromatic carbocycles. The highest BCUT2D eigenvalue weighted by atomic mass is 32.2. The number of carbonyl (C=O) groups excluding carboxylic acids is 1. The summed E-state index contributed by atoms with van der Waals surface area (Å²) in [7, 11) is -4.10. The summed E-state index contributed by atoms with van der Waals surface area (Å²) in [5.41, 5.74) is 1.39. The molecule has 0 aliphatic carbocycles. The lowest BCUT2D eigenvalue weighted by atomic mass is 10.2. The summed E-state index contributed by atoms with van der Waals surface area (Å²) in [6.45, 7) is 0.227. The molecular weight excluding hydrogens is 378 g/mol. The molecule has 0 saturated carbocycles. The van der Waals surface area contributed by atoms with E-state index in [4.69, 9.17) is 0 Å². The number of nitrogens with one attached hydrogen (secondary N) is 1. The van der Waals surface area contributed by atoms with E-state index < -0.39 is 21.9 Å². The van der Waals surface area contributed by atoms with E-state index in [0.29, 0.717) is 12.1 Å². The number of hydrogen-bond acceptors (Lipinski definition) is 5. The lowest BCUT2D eigenvalue weighted by Gasteiger charge is -2.19. The zero-order valence-electron chi connectivity index (χ0n) is 12.1. The minimum absolute atomic E-state index is 0.0450. The Balaban J connectivity index is 1.81. The van der Waals surface area contributed by atoms with Gasteiger partial charge in [0, 0.05) is 11.4 Å². The average Bonchev–Trinajstić information content (AvgIpc) is 3.12. The van der Waals surface area contributed by atoms with Crippen molar-refractivity contribution in [3.8, 4) is 0 Å². The second kappa shape index (κ2) is 6.69. The highest BCUT2D eigenvalue weighted by molar-refractivity contribution is 7.99. The van der Waals surface area contributed by atoms with Crippen LogP contribution in [0.5, 0.6) is 0 Å². The summed E-state index contributed by atoms with van der Waals surface area (Å²) in [6, 6.07) is 8.38. The summed E-state index contributed by atoms with van der Waals surface area (Å²) in [5.74, 6) is -3.59. The van der Waals surface area contributed by atoms with Gasteiger partial charge in [-0.1, -0.05) is 30.0 Å². The Bertz CT molecular complexity index is 868. The van der Waals surface area contributed by atoms with Gasteiger partial charge in [0.25, 0.3) is 11.7 Å². The molecule has 1 aromatic heterocycles. The van der Waals surface area contributed by atoms with E-state index >= 15 is 0 Å². The summed E-state index contributed by atoms with van der Waals surface area (Å²) in [5, 5.41) is 1.47. The summed E-state index contributed by atoms with van der Waals surface area (Å²) >= 11 is 1.13. The van der Waals surface area contributed by atoms with Crippen LogP contribution in [0.1, 0.15) is 15.2 Å². The zero-order chi connectivity index (χ0) is 17.3. The van der Waals surface area contributed by atoms with Crippen LogP contribution in [0.15, 0.2) is 40.6 Å². The Kier molecular flexibility index (Phi) is 4.79. The molecule has 24 heavy (non-hydrogen) atoms. The van der Waals surface area contributed by atoms with E-state index in [-0.39, 0.29) is 28.1 Å². The van der Waals surface area contributed by atoms with Crippen molar-refractivity contribution >= 4 is 44.9 Å². The molecular formula is C14H12F2N2O3S3. The molecule has 0 radical (unpaired) electrons. The second-order valence-electron chi connectivity index (χ2n) is 4.88. The van der Waals surface area contributed by atoms with E-state index in [1.54, 1.807) is 12.1 Å². The predicted molar refractivity (Wildman–Crippen MR) is 90.1 cm³/mol. The molecule has 1 N–H and O–H groups in total. The van der Waals surface area contributed by atoms with Crippen molar-refractivity contribution in [2.45, 2.75) is 17.1 Å². The molecule has 1 aliphatic heterocycles. The van der Waals surface area contributed by atoms with Crippen molar-refractivity contribution in [3.63, 3.8) is 0 Å². The largest absolute Gasteiger partial charge is 0.326 e. The van der Waals surface area contributed by atoms with E-state index in [9.17, 15) is 22.0 Å². The number of hydrogen-bond donors (Lipinski definition) is 1. The van der Waals surface area contributed by atoms with Crippen molar-refractivity contribution < 1.29 is 22.0 Å². The molecule has 0 saturated heterocycles. The Hall–Kier alpha value is -1.65. The molecule has 0 atom stereocenters. The standard InChI is InChI=1S/C14H12F2N2O3S3/c15-14(16)23-11-6-8-22-12(11)13(19)17-24(20,21)18-7-5-9-3-1-2-4-10(9)18/h1-4,6,8,14H,5,7H2,(H,17,19). The highest BCUT2D eigenvalue weighted by Gasteiger charge is 2.31. The van der Waals surface area contributed by atoms with E-state index in [1.807, 2.05) is 16.9 Å². The van der Waals surface area contributed by atoms with E-state index in [1.165, 1.54) is 11.4 Å². The van der Waals surface area contributed by atoms with Gasteiger partial charge in [0.1, 0.15) is 4.88 Å². The first-order chi connectivity index (χ1) is 11.4. The average molecular weight is 390 g/mol. The molecule has 128 valence electrons. The van der Waals surface area contributed by atoms with Gasteiger partial charge in [-0.25, -0.2) is 4.72 Å². The number of halogens is 2. The van der Waals surface area contributed by atoms with Crippen LogP contribution in [-0.4, -0.2) is 26.6 Å². The van der Waals surface area contributed by atoms with Crippen LogP contribution < -0.4 is 9.03 Å². The molecule has 3 rings (SSSR count). The Morgan fingerprint density at radius 3 is 2.79 bits per heavy atom. The van der Waals surface area contributed by atoms with Crippen LogP contribution in [0, 0.1) is 0 Å². The molecule has 0 spiro atoms. The number of amides is 1. The molecule has 0 unspecified atom stereocenters. The van der Waals surface area contributed by atoms with Gasteiger partial charge in [0.15, 0.2) is 0 Å². The van der Waals surface area contributed by atoms with Crippen LogP contribution in [0.3, 0.4) is 0 Å². The van der Waals surface area contributed by atoms with E-state index in [0.717, 1.165) is 21.2 Å². The Morgan fingerprint density at radius 1 is 1.29 bits per heavy atom. The molecule has 1 aliphatic rings. The summed E-state index contributed by atoms with van der Waals surface area (Å²) in [4.78, 5) is 12.2. The molecule has 2 aromatic rings. The number of para-hydroxylation sites is 1. The fourth-order valence-electron chi connectivity index (χ4n) is 2.43. The number of carbonyl (C=O) groups is 1. The number of thioether (sulfide) groups is 1. The van der Waals surface area contributed by atoms with Crippen LogP contribution in [0.2, 0.25) is 0 Å². The van der Waals surface area contributed by atoms with Gasteiger partial charge in [-0.15, -0.1) is 11.3 Å². The number of thiophene rings is 1. The van der Waals surface area contributed by atoms with Crippen molar-refractivity contribution in [3.05, 3.63) is 46.2 Å². The van der Waals surface area contributed by atoms with Gasteiger partial charge in [-0.05, 0) is 29.5 Å². The fourth-order valence-corrected chi connectivity index (χ4v) is 5.30. The van der Waals surface area contributed by atoms with Gasteiger partial charge in [-0.3, -0.25) is 9.10 Å². The molecule has 0 fully saturated rings. The molecule has 2 heterocycles. The molecule has 1 amide bonds. The smallest absolute Gasteiger partial charge is 0.267 e. The minimum Gasteiger partial charge on any atom is -0.267 e. The van der Waals surface area contributed by atoms with Crippen LogP contribution in [-0.2, 0) is 16.6 Å². The number of rotatable bonds is 5. The number of fused-ring (bicyclic) bond motifs is 1. The fraction of sp³-hybridized carbons (Fsp3) is 0.214. The topological polar surface area (TPSA) is 66.5 Å². The second-order valence-corrected chi connectivity index (χ2v) is 8.42. The number of alkyl halides is 2. The van der Waals surface area contributed by atoms with Crippen molar-refractivity contribution in [1.82, 2.24) is 4.72 Å². The molecule has 10 heteroatoms. The van der Waals surface area contributed by atoms with Crippen LogP contribution >= 0.6 is 23.1 Å². The predicted octanol–water partition coefficient (Wildman–Crippen LogP) is 3.10. The van der Waals surface area contributed by atoms with E-state index in [2.05, 4.69) is 0 Å². The van der Waals surface area contributed by atoms with Gasteiger partial charge in [0.05, 0.1) is 5.69 Å². The normalized spacial score (nSPS) is 14.0. The van der Waals surface area contributed by atoms with Crippen molar-refractivity contribution in [2.24, 2.45) is 0 Å². The first kappa shape index (κ1) is 17.2. The minimum atomic E-state index is -4.10. The summed E-state index contributed by atoms with van der Waals surface area (Å²) < 4.78 is 53.0. The third-order valence-electron chi connectivity index (χ3n) is 3.41. The van der Waals surface area contributed by atoms with Crippen LogP contribution in [0.4, 0.5) is 14.5 Å². The Labute approximate surface area is 145 Å². The summed E-state index contributed by atoms with van der Waals surface area (Å²) in [6.07, 6.45) is 0.552. The lowest BCUT2D eigenvalue weighted by molar-refractivity contribution is 0.0982. The number of benzene rings is 1. The SMILES string of the molecule is O=C(NS(=O)(=O)N1CCc2ccccc21)c1sccc1SC(F)F. The molecule has 0 bridgehead atoms. The van der Waals surface area contributed by atoms with Gasteiger partial charge in [-0.2, -0.15) is 17.2 Å². The third kappa shape index (κ3) is 3.40. The monoisotopic (exact) mass is 390 g/mol. The van der Waals surface area contributed by atoms with Gasteiger partial charge < -0.3 is 0 Å². The quantitative estimate of drug-likeness (QED) is 0.797. The number of anilines is 1. The maximum absolute atomic E-state index is 12.5. The Morgan fingerprint density at radius 2 is 2.04 bits per heavy atom. The van der Waals surface area contributed by atoms with Gasteiger partial charge in [0.2, 0.25) is 0 Å². The van der Waals surface area contributed by atoms with Gasteiger partial charge >= 0.3 is 10.2 Å². The number of nitrogens with zero attached hydrogens (tertiary/aromatic N) is 1. The highest BCUT2D eigenvalue weighted by Crippen LogP contribution is 2.33. The van der Waals surface area contributed by atoms with Crippen molar-refractivity contribution in [1.29, 1.82) is 0 Å².